The summed E-state index contributed by atoms with van der Waals surface area (Å²) < 4.78 is 10.8. The fourth-order valence-corrected chi connectivity index (χ4v) is 1.64. The molecule has 1 amide bonds. The number of nitrogens with two attached hydrogens (primary N) is 1. The van der Waals surface area contributed by atoms with E-state index in [2.05, 4.69) is 9.97 Å². The van der Waals surface area contributed by atoms with E-state index in [9.17, 15) is 4.79 Å². The molecule has 6 nitrogen and oxygen atoms in total. The van der Waals surface area contributed by atoms with Gasteiger partial charge in [0.05, 0.1) is 18.7 Å². The van der Waals surface area contributed by atoms with Crippen molar-refractivity contribution in [3.63, 3.8) is 0 Å². The highest BCUT2D eigenvalue weighted by atomic mass is 16.5. The molecule has 0 aliphatic carbocycles. The van der Waals surface area contributed by atoms with Crippen molar-refractivity contribution in [2.75, 3.05) is 7.11 Å². The Morgan fingerprint density at radius 1 is 1.44 bits per heavy atom. The first-order valence-corrected chi connectivity index (χ1v) is 5.55. The Morgan fingerprint density at radius 2 is 2.17 bits per heavy atom. The molecule has 0 spiro atoms. The molecule has 1 aromatic heterocycles. The van der Waals surface area contributed by atoms with Gasteiger partial charge in [-0.25, -0.2) is 4.98 Å². The third-order valence-corrected chi connectivity index (χ3v) is 2.36. The van der Waals surface area contributed by atoms with Crippen molar-refractivity contribution in [3.8, 4) is 11.5 Å². The highest BCUT2D eigenvalue weighted by Gasteiger charge is 2.14. The summed E-state index contributed by atoms with van der Waals surface area (Å²) in [5, 5.41) is 0. The topological polar surface area (TPSA) is 90.2 Å². The van der Waals surface area contributed by atoms with Crippen LogP contribution in [-0.2, 0) is 0 Å². The number of nitrogens with zero attached hydrogens (tertiary/aromatic N) is 1. The number of aromatic nitrogens is 2. The maximum absolute atomic E-state index is 11.1. The van der Waals surface area contributed by atoms with E-state index in [-0.39, 0.29) is 11.9 Å². The molecule has 6 heteroatoms. The van der Waals surface area contributed by atoms with Crippen LogP contribution in [0.5, 0.6) is 11.5 Å². The van der Waals surface area contributed by atoms with E-state index in [4.69, 9.17) is 15.2 Å². The Bertz CT molecular complexity index is 590. The number of methoxy groups -OCH3 is 1. The molecule has 1 aromatic carbocycles. The minimum absolute atomic E-state index is 0.00552. The number of H-pyrrole nitrogens is 1. The molecule has 0 saturated carbocycles. The number of primary amides is 1. The van der Waals surface area contributed by atoms with Crippen LogP contribution >= 0.6 is 0 Å². The van der Waals surface area contributed by atoms with E-state index in [1.807, 2.05) is 13.8 Å². The van der Waals surface area contributed by atoms with Crippen LogP contribution in [0.3, 0.4) is 0 Å². The number of nitrogens with one attached hydrogen (secondary N) is 1. The lowest BCUT2D eigenvalue weighted by Gasteiger charge is -2.11. The van der Waals surface area contributed by atoms with Gasteiger partial charge in [-0.05, 0) is 13.8 Å². The van der Waals surface area contributed by atoms with Crippen molar-refractivity contribution in [1.29, 1.82) is 0 Å². The maximum Gasteiger partial charge on any atom is 0.284 e. The number of carbonyl (C=O) groups excluding carboxylic acids is 1. The molecule has 3 N–H and O–H groups in total. The highest BCUT2D eigenvalue weighted by Crippen LogP contribution is 2.30. The lowest BCUT2D eigenvalue weighted by molar-refractivity contribution is 0.0991. The van der Waals surface area contributed by atoms with Crippen LogP contribution in [0.2, 0.25) is 0 Å². The van der Waals surface area contributed by atoms with Crippen molar-refractivity contribution in [2.45, 2.75) is 20.0 Å². The molecule has 0 radical (unpaired) electrons. The molecule has 18 heavy (non-hydrogen) atoms. The lowest BCUT2D eigenvalue weighted by atomic mass is 10.2. The van der Waals surface area contributed by atoms with Gasteiger partial charge in [-0.15, -0.1) is 0 Å². The number of ether oxygens (including phenoxy) is 2. The van der Waals surface area contributed by atoms with Crippen molar-refractivity contribution in [3.05, 3.63) is 18.0 Å². The minimum Gasteiger partial charge on any atom is -0.497 e. The monoisotopic (exact) mass is 249 g/mol. The number of carbonyl (C=O) groups is 1. The SMILES string of the molecule is COc1cc(OC(C)C)c2nc(C(N)=O)[nH]c2c1. The van der Waals surface area contributed by atoms with Crippen molar-refractivity contribution >= 4 is 16.9 Å². The van der Waals surface area contributed by atoms with Gasteiger partial charge in [0.2, 0.25) is 0 Å². The first-order valence-electron chi connectivity index (χ1n) is 5.55. The second kappa shape index (κ2) is 4.56. The zero-order chi connectivity index (χ0) is 13.3. The summed E-state index contributed by atoms with van der Waals surface area (Å²) >= 11 is 0. The molecule has 0 aliphatic rings. The molecule has 0 unspecified atom stereocenters. The van der Waals surface area contributed by atoms with Crippen molar-refractivity contribution < 1.29 is 14.3 Å². The van der Waals surface area contributed by atoms with E-state index >= 15 is 0 Å². The molecule has 96 valence electrons. The molecular weight excluding hydrogens is 234 g/mol. The Balaban J connectivity index is 2.61. The predicted molar refractivity (Wildman–Crippen MR) is 66.9 cm³/mol. The number of hydrogen-bond donors (Lipinski definition) is 2. The van der Waals surface area contributed by atoms with E-state index in [0.717, 1.165) is 0 Å². The first kappa shape index (κ1) is 12.2. The van der Waals surface area contributed by atoms with E-state index < -0.39 is 5.91 Å². The second-order valence-corrected chi connectivity index (χ2v) is 4.14. The molecule has 0 bridgehead atoms. The third-order valence-electron chi connectivity index (χ3n) is 2.36. The first-order chi connectivity index (χ1) is 8.51. The Kier molecular flexibility index (Phi) is 3.10. The van der Waals surface area contributed by atoms with Gasteiger partial charge < -0.3 is 20.2 Å². The van der Waals surface area contributed by atoms with Crippen LogP contribution in [0.25, 0.3) is 11.0 Å². The summed E-state index contributed by atoms with van der Waals surface area (Å²) in [6.07, 6.45) is -0.00552. The normalized spacial score (nSPS) is 10.9. The molecule has 1 heterocycles. The zero-order valence-corrected chi connectivity index (χ0v) is 10.5. The number of amides is 1. The predicted octanol–water partition coefficient (Wildman–Crippen LogP) is 1.46. The number of rotatable bonds is 4. The van der Waals surface area contributed by atoms with E-state index in [0.29, 0.717) is 22.5 Å². The van der Waals surface area contributed by atoms with Gasteiger partial charge in [0.25, 0.3) is 5.91 Å². The van der Waals surface area contributed by atoms with Crippen LogP contribution < -0.4 is 15.2 Å². The number of hydrogen-bond acceptors (Lipinski definition) is 4. The molecule has 0 atom stereocenters. The molecule has 0 fully saturated rings. The van der Waals surface area contributed by atoms with Crippen molar-refractivity contribution in [1.82, 2.24) is 9.97 Å². The Labute approximate surface area is 104 Å². The summed E-state index contributed by atoms with van der Waals surface area (Å²) in [4.78, 5) is 18.1. The average Bonchev–Trinajstić information content (AvgIpc) is 2.72. The largest absolute Gasteiger partial charge is 0.497 e. The highest BCUT2D eigenvalue weighted by molar-refractivity contribution is 5.94. The molecule has 0 saturated heterocycles. The second-order valence-electron chi connectivity index (χ2n) is 4.14. The number of imidazole rings is 1. The number of fused-ring (bicyclic) bond motifs is 1. The standard InChI is InChI=1S/C12H15N3O3/c1-6(2)18-9-5-7(17-3)4-8-10(9)15-12(14-8)11(13)16/h4-6H,1-3H3,(H2,13,16)(H,14,15). The van der Waals surface area contributed by atoms with Gasteiger partial charge in [0, 0.05) is 12.1 Å². The molecule has 2 rings (SSSR count). The summed E-state index contributed by atoms with van der Waals surface area (Å²) in [6, 6.07) is 3.47. The molecule has 2 aromatic rings. The van der Waals surface area contributed by atoms with Crippen LogP contribution in [0.15, 0.2) is 12.1 Å². The van der Waals surface area contributed by atoms with Crippen molar-refractivity contribution in [2.24, 2.45) is 5.73 Å². The van der Waals surface area contributed by atoms with E-state index in [1.165, 1.54) is 0 Å². The van der Waals surface area contributed by atoms with Gasteiger partial charge in [0.1, 0.15) is 11.3 Å². The summed E-state index contributed by atoms with van der Waals surface area (Å²) in [5.74, 6) is 0.674. The number of aromatic amines is 1. The van der Waals surface area contributed by atoms with Crippen LogP contribution in [0.1, 0.15) is 24.5 Å². The smallest absolute Gasteiger partial charge is 0.284 e. The van der Waals surface area contributed by atoms with Gasteiger partial charge in [-0.2, -0.15) is 0 Å². The Hall–Kier alpha value is -2.24. The van der Waals surface area contributed by atoms with Crippen LogP contribution in [0, 0.1) is 0 Å². The third kappa shape index (κ3) is 2.22. The molecular formula is C12H15N3O3. The molecule has 0 aliphatic heterocycles. The van der Waals surface area contributed by atoms with Crippen LogP contribution in [-0.4, -0.2) is 29.1 Å². The summed E-state index contributed by atoms with van der Waals surface area (Å²) in [5.41, 5.74) is 6.41. The van der Waals surface area contributed by atoms with Gasteiger partial charge in [-0.1, -0.05) is 0 Å². The maximum atomic E-state index is 11.1. The Morgan fingerprint density at radius 3 is 2.72 bits per heavy atom. The van der Waals surface area contributed by atoms with Gasteiger partial charge in [0.15, 0.2) is 11.6 Å². The fraction of sp³-hybridized carbons (Fsp3) is 0.333. The quantitative estimate of drug-likeness (QED) is 0.858. The van der Waals surface area contributed by atoms with E-state index in [1.54, 1.807) is 19.2 Å². The summed E-state index contributed by atoms with van der Waals surface area (Å²) in [6.45, 7) is 3.82. The summed E-state index contributed by atoms with van der Waals surface area (Å²) in [7, 11) is 1.56. The average molecular weight is 249 g/mol. The lowest BCUT2D eigenvalue weighted by Crippen LogP contribution is -2.12. The van der Waals surface area contributed by atoms with Gasteiger partial charge in [-0.3, -0.25) is 4.79 Å². The van der Waals surface area contributed by atoms with Crippen LogP contribution in [0.4, 0.5) is 0 Å². The number of benzene rings is 1. The van der Waals surface area contributed by atoms with Gasteiger partial charge >= 0.3 is 0 Å². The zero-order valence-electron chi connectivity index (χ0n) is 10.5. The minimum atomic E-state index is -0.610. The fourth-order valence-electron chi connectivity index (χ4n) is 1.64.